The van der Waals surface area contributed by atoms with Gasteiger partial charge in [0.15, 0.2) is 0 Å². The van der Waals surface area contributed by atoms with Crippen molar-refractivity contribution in [2.24, 2.45) is 28.6 Å². The van der Waals surface area contributed by atoms with E-state index in [1.54, 1.807) is 22.5 Å². The molecule has 5 saturated carbocycles. The lowest BCUT2D eigenvalue weighted by atomic mass is 9.66. The number of rotatable bonds is 7. The molecule has 1 spiro atoms. The summed E-state index contributed by atoms with van der Waals surface area (Å²) in [4.78, 5) is 37.2. The Kier molecular flexibility index (Phi) is 5.05. The fourth-order valence-electron chi connectivity index (χ4n) is 8.10. The molecule has 3 unspecified atom stereocenters. The van der Waals surface area contributed by atoms with Gasteiger partial charge in [-0.05, 0) is 97.3 Å². The number of carbonyl (C=O) groups excluding carboxylic acids is 2. The Hall–Kier alpha value is -3.22. The van der Waals surface area contributed by atoms with Gasteiger partial charge in [-0.3, -0.25) is 19.0 Å². The number of aryl methyl sites for hydroxylation is 1. The molecule has 192 valence electrons. The number of imidazole rings is 1. The summed E-state index contributed by atoms with van der Waals surface area (Å²) >= 11 is 0. The van der Waals surface area contributed by atoms with Gasteiger partial charge in [0.05, 0.1) is 12.2 Å². The standard InChI is InChI=1S/C30H35N5O2/c1-3-19-7-8-23(31-14-19)15-34(2)28(37)24-16-35-25(5-4-6-26(35)33-24)27(36)32-18-29-11-20-9-21(10-20)30(17-29)13-22(30)12-29/h4-8,14,16,20-22H,3,9-13,15,17-18H2,1-2H3,(H,32,36). The Bertz CT molecular complexity index is 1390. The van der Waals surface area contributed by atoms with Crippen molar-refractivity contribution >= 4 is 17.5 Å². The molecule has 0 aliphatic heterocycles. The highest BCUT2D eigenvalue weighted by atomic mass is 16.2. The van der Waals surface area contributed by atoms with E-state index in [4.69, 9.17) is 0 Å². The lowest BCUT2D eigenvalue weighted by molar-refractivity contribution is 0.0777. The van der Waals surface area contributed by atoms with Crippen LogP contribution in [0.25, 0.3) is 5.65 Å². The van der Waals surface area contributed by atoms with Gasteiger partial charge in [0.1, 0.15) is 17.0 Å². The van der Waals surface area contributed by atoms with Crippen LogP contribution in [0.15, 0.2) is 42.7 Å². The van der Waals surface area contributed by atoms with Crippen LogP contribution in [-0.2, 0) is 13.0 Å². The van der Waals surface area contributed by atoms with Gasteiger partial charge in [-0.25, -0.2) is 4.98 Å². The van der Waals surface area contributed by atoms with Crippen LogP contribution in [0.1, 0.15) is 77.7 Å². The predicted octanol–water partition coefficient (Wildman–Crippen LogP) is 4.51. The number of amides is 2. The van der Waals surface area contributed by atoms with E-state index in [-0.39, 0.29) is 17.2 Å². The number of nitrogens with one attached hydrogen (secondary N) is 1. The van der Waals surface area contributed by atoms with Crippen LogP contribution in [0.3, 0.4) is 0 Å². The Morgan fingerprint density at radius 1 is 1.14 bits per heavy atom. The van der Waals surface area contributed by atoms with Gasteiger partial charge in [0, 0.05) is 26.0 Å². The van der Waals surface area contributed by atoms with Crippen molar-refractivity contribution in [1.29, 1.82) is 0 Å². The maximum absolute atomic E-state index is 13.4. The van der Waals surface area contributed by atoms with Crippen molar-refractivity contribution in [3.05, 3.63) is 65.4 Å². The molecule has 7 nitrogen and oxygen atoms in total. The minimum Gasteiger partial charge on any atom is -0.350 e. The van der Waals surface area contributed by atoms with E-state index in [1.807, 2.05) is 36.5 Å². The third kappa shape index (κ3) is 3.69. The zero-order chi connectivity index (χ0) is 25.4. The number of nitrogens with zero attached hydrogens (tertiary/aromatic N) is 4. The maximum Gasteiger partial charge on any atom is 0.274 e. The van der Waals surface area contributed by atoms with Crippen LogP contribution in [0.2, 0.25) is 0 Å². The van der Waals surface area contributed by atoms with Crippen LogP contribution in [-0.4, -0.2) is 44.7 Å². The normalized spacial score (nSPS) is 30.8. The molecule has 0 aromatic carbocycles. The third-order valence-electron chi connectivity index (χ3n) is 10.0. The summed E-state index contributed by atoms with van der Waals surface area (Å²) in [5, 5.41) is 3.30. The Morgan fingerprint density at radius 2 is 2.00 bits per heavy atom. The Morgan fingerprint density at radius 3 is 2.78 bits per heavy atom. The van der Waals surface area contributed by atoms with Gasteiger partial charge in [0.25, 0.3) is 11.8 Å². The summed E-state index contributed by atoms with van der Waals surface area (Å²) in [6.45, 7) is 3.25. The Labute approximate surface area is 217 Å². The molecular formula is C30H35N5O2. The SMILES string of the molecule is CCc1ccc(CN(C)C(=O)c2cn3c(C(=O)NCC45CC6CC(C6)C6(CC6C4)C5)cccc3n2)nc1. The number of fused-ring (bicyclic) bond motifs is 1. The maximum atomic E-state index is 13.4. The van der Waals surface area contributed by atoms with E-state index in [1.165, 1.54) is 44.1 Å². The Balaban J connectivity index is 1.06. The van der Waals surface area contributed by atoms with Gasteiger partial charge in [-0.2, -0.15) is 0 Å². The van der Waals surface area contributed by atoms with E-state index < -0.39 is 0 Å². The molecule has 3 aromatic rings. The first-order chi connectivity index (χ1) is 17.9. The summed E-state index contributed by atoms with van der Waals surface area (Å²) in [6, 6.07) is 9.50. The topological polar surface area (TPSA) is 79.6 Å². The van der Waals surface area contributed by atoms with Crippen LogP contribution in [0, 0.1) is 28.6 Å². The molecule has 8 rings (SSSR count). The molecule has 2 amide bonds. The molecule has 1 N–H and O–H groups in total. The molecule has 5 aliphatic carbocycles. The number of aromatic nitrogens is 3. The molecule has 3 atom stereocenters. The highest BCUT2D eigenvalue weighted by molar-refractivity contribution is 5.95. The molecule has 0 radical (unpaired) electrons. The van der Waals surface area contributed by atoms with Crippen molar-refractivity contribution in [1.82, 2.24) is 24.6 Å². The molecule has 0 saturated heterocycles. The quantitative estimate of drug-likeness (QED) is 0.521. The van der Waals surface area contributed by atoms with Crippen molar-refractivity contribution in [3.63, 3.8) is 0 Å². The number of carbonyl (C=O) groups is 2. The fourth-order valence-corrected chi connectivity index (χ4v) is 8.10. The summed E-state index contributed by atoms with van der Waals surface area (Å²) < 4.78 is 1.75. The summed E-state index contributed by atoms with van der Waals surface area (Å²) in [5.74, 6) is 2.45. The van der Waals surface area contributed by atoms with Gasteiger partial charge >= 0.3 is 0 Å². The third-order valence-corrected chi connectivity index (χ3v) is 10.0. The van der Waals surface area contributed by atoms with Crippen LogP contribution < -0.4 is 5.32 Å². The molecule has 5 aliphatic rings. The predicted molar refractivity (Wildman–Crippen MR) is 140 cm³/mol. The van der Waals surface area contributed by atoms with E-state index in [0.29, 0.717) is 29.0 Å². The van der Waals surface area contributed by atoms with Crippen molar-refractivity contribution in [2.75, 3.05) is 13.6 Å². The molecule has 3 aromatic heterocycles. The minimum atomic E-state index is -0.191. The van der Waals surface area contributed by atoms with Crippen molar-refractivity contribution in [3.8, 4) is 0 Å². The molecular weight excluding hydrogens is 462 g/mol. The molecule has 4 bridgehead atoms. The largest absolute Gasteiger partial charge is 0.350 e. The van der Waals surface area contributed by atoms with E-state index in [0.717, 1.165) is 36.4 Å². The first-order valence-electron chi connectivity index (χ1n) is 13.8. The fraction of sp³-hybridized carbons (Fsp3) is 0.533. The average molecular weight is 498 g/mol. The first-order valence-corrected chi connectivity index (χ1v) is 13.8. The number of hydrogen-bond donors (Lipinski definition) is 1. The second-order valence-electron chi connectivity index (χ2n) is 12.4. The lowest BCUT2D eigenvalue weighted by Gasteiger charge is -2.40. The molecule has 3 heterocycles. The highest BCUT2D eigenvalue weighted by Crippen LogP contribution is 2.79. The van der Waals surface area contributed by atoms with Crippen molar-refractivity contribution < 1.29 is 9.59 Å². The van der Waals surface area contributed by atoms with Gasteiger partial charge in [0.2, 0.25) is 0 Å². The lowest BCUT2D eigenvalue weighted by Crippen LogP contribution is -2.38. The van der Waals surface area contributed by atoms with Gasteiger partial charge in [-0.15, -0.1) is 0 Å². The number of hydrogen-bond acceptors (Lipinski definition) is 4. The average Bonchev–Trinajstić information content (AvgIpc) is 3.27. The zero-order valence-electron chi connectivity index (χ0n) is 21.7. The smallest absolute Gasteiger partial charge is 0.274 e. The molecule has 7 heteroatoms. The summed E-state index contributed by atoms with van der Waals surface area (Å²) in [6.07, 6.45) is 12.6. The number of pyridine rings is 2. The van der Waals surface area contributed by atoms with Crippen LogP contribution in [0.5, 0.6) is 0 Å². The molecule has 5 fully saturated rings. The second-order valence-corrected chi connectivity index (χ2v) is 12.4. The van der Waals surface area contributed by atoms with Gasteiger partial charge < -0.3 is 10.2 Å². The van der Waals surface area contributed by atoms with Crippen LogP contribution in [0.4, 0.5) is 0 Å². The van der Waals surface area contributed by atoms with E-state index >= 15 is 0 Å². The van der Waals surface area contributed by atoms with Crippen LogP contribution >= 0.6 is 0 Å². The highest BCUT2D eigenvalue weighted by Gasteiger charge is 2.71. The second kappa shape index (κ2) is 8.14. The summed E-state index contributed by atoms with van der Waals surface area (Å²) in [7, 11) is 1.75. The van der Waals surface area contributed by atoms with E-state index in [2.05, 4.69) is 22.2 Å². The van der Waals surface area contributed by atoms with E-state index in [9.17, 15) is 9.59 Å². The summed E-state index contributed by atoms with van der Waals surface area (Å²) in [5.41, 5.74) is 4.36. The monoisotopic (exact) mass is 497 g/mol. The first kappa shape index (κ1) is 22.9. The molecule has 37 heavy (non-hydrogen) atoms. The minimum absolute atomic E-state index is 0.0869. The van der Waals surface area contributed by atoms with Gasteiger partial charge in [-0.1, -0.05) is 19.1 Å². The van der Waals surface area contributed by atoms with Crippen molar-refractivity contribution in [2.45, 2.75) is 58.4 Å². The zero-order valence-corrected chi connectivity index (χ0v) is 21.7.